The molecule has 0 bridgehead atoms. The van der Waals surface area contributed by atoms with Crippen LogP contribution in [0.4, 0.5) is 0 Å². The number of hydrogen-bond donors (Lipinski definition) is 1. The first-order valence-corrected chi connectivity index (χ1v) is 8.37. The molecule has 0 unspecified atom stereocenters. The molecular formula is C19H32ClNO3. The van der Waals surface area contributed by atoms with Crippen LogP contribution in [0.25, 0.3) is 0 Å². The Labute approximate surface area is 152 Å². The van der Waals surface area contributed by atoms with Gasteiger partial charge in [-0.15, -0.1) is 12.4 Å². The van der Waals surface area contributed by atoms with Crippen LogP contribution in [0.1, 0.15) is 69.1 Å². The molecule has 1 aromatic carbocycles. The average Bonchev–Trinajstić information content (AvgIpc) is 2.47. The number of phenolic OH excluding ortho intramolecular Hbond substituents is 1. The highest BCUT2D eigenvalue weighted by Gasteiger charge is 2.15. The highest BCUT2D eigenvalue weighted by molar-refractivity contribution is 5.85. The Bertz CT molecular complexity index is 500. The maximum absolute atomic E-state index is 11.2. The smallest absolute Gasteiger partial charge is 0.305 e. The number of carbonyl (C=O) groups is 1. The third kappa shape index (κ3) is 6.70. The fraction of sp³-hybridized carbons (Fsp3) is 0.632. The first-order chi connectivity index (χ1) is 10.8. The minimum absolute atomic E-state index is 0. The molecule has 0 aliphatic carbocycles. The topological polar surface area (TPSA) is 49.8 Å². The summed E-state index contributed by atoms with van der Waals surface area (Å²) >= 11 is 0. The number of esters is 1. The molecule has 1 rings (SSSR count). The molecule has 0 aliphatic heterocycles. The Morgan fingerprint density at radius 2 is 1.67 bits per heavy atom. The summed E-state index contributed by atoms with van der Waals surface area (Å²) in [4.78, 5) is 13.4. The summed E-state index contributed by atoms with van der Waals surface area (Å²) in [6.45, 7) is 10.0. The Kier molecular flexibility index (Phi) is 10.0. The molecule has 1 aromatic rings. The molecule has 1 N–H and O–H groups in total. The number of benzene rings is 1. The van der Waals surface area contributed by atoms with Gasteiger partial charge in [-0.05, 0) is 48.5 Å². The molecule has 0 aromatic heterocycles. The van der Waals surface area contributed by atoms with Gasteiger partial charge in [0.15, 0.2) is 0 Å². The summed E-state index contributed by atoms with van der Waals surface area (Å²) in [6, 6.07) is 4.20. The van der Waals surface area contributed by atoms with E-state index in [0.717, 1.165) is 30.6 Å². The summed E-state index contributed by atoms with van der Waals surface area (Å²) in [7, 11) is 3.47. The molecule has 0 heterocycles. The number of carbonyl (C=O) groups excluding carboxylic acids is 1. The van der Waals surface area contributed by atoms with Gasteiger partial charge in [-0.1, -0.05) is 39.8 Å². The van der Waals surface area contributed by atoms with Crippen molar-refractivity contribution in [1.29, 1.82) is 0 Å². The van der Waals surface area contributed by atoms with E-state index in [-0.39, 0.29) is 30.2 Å². The number of halogens is 1. The number of nitrogens with zero attached hydrogens (tertiary/aromatic N) is 1. The van der Waals surface area contributed by atoms with Gasteiger partial charge >= 0.3 is 5.97 Å². The Hall–Kier alpha value is -1.26. The summed E-state index contributed by atoms with van der Waals surface area (Å²) in [5.41, 5.74) is 3.22. The molecule has 0 aliphatic rings. The fourth-order valence-electron chi connectivity index (χ4n) is 2.70. The monoisotopic (exact) mass is 357 g/mol. The zero-order valence-electron chi connectivity index (χ0n) is 15.8. The number of ether oxygens (including phenoxy) is 1. The zero-order chi connectivity index (χ0) is 17.6. The number of phenols is 1. The van der Waals surface area contributed by atoms with Crippen molar-refractivity contribution in [3.8, 4) is 5.75 Å². The molecule has 0 saturated heterocycles. The molecule has 0 saturated carbocycles. The van der Waals surface area contributed by atoms with E-state index in [1.807, 2.05) is 7.05 Å². The van der Waals surface area contributed by atoms with Crippen LogP contribution in [0.15, 0.2) is 12.1 Å². The van der Waals surface area contributed by atoms with Gasteiger partial charge in [0.2, 0.25) is 0 Å². The largest absolute Gasteiger partial charge is 0.507 e. The van der Waals surface area contributed by atoms with E-state index in [4.69, 9.17) is 0 Å². The summed E-state index contributed by atoms with van der Waals surface area (Å²) in [5, 5.41) is 10.5. The molecule has 0 atom stereocenters. The number of rotatable bonds is 8. The first kappa shape index (κ1) is 22.7. The van der Waals surface area contributed by atoms with Gasteiger partial charge in [0.25, 0.3) is 0 Å². The molecule has 4 nitrogen and oxygen atoms in total. The van der Waals surface area contributed by atoms with Crippen LogP contribution in [0, 0.1) is 0 Å². The van der Waals surface area contributed by atoms with Crippen molar-refractivity contribution in [2.45, 2.75) is 58.9 Å². The second kappa shape index (κ2) is 10.6. The van der Waals surface area contributed by atoms with Crippen LogP contribution in [0.2, 0.25) is 0 Å². The lowest BCUT2D eigenvalue weighted by atomic mass is 9.91. The maximum atomic E-state index is 11.2. The predicted molar refractivity (Wildman–Crippen MR) is 101 cm³/mol. The van der Waals surface area contributed by atoms with Gasteiger partial charge < -0.3 is 14.7 Å². The standard InChI is InChI=1S/C19H31NO3.ClH/c1-13(2)16-10-15(11-17(14(3)4)19(16)22)12-20(5)9-7-8-18(21)23-6;/h10-11,13-14,22H,7-9,12H2,1-6H3;1H. The number of hydrogen-bond acceptors (Lipinski definition) is 4. The van der Waals surface area contributed by atoms with Crippen LogP contribution < -0.4 is 0 Å². The van der Waals surface area contributed by atoms with Crippen LogP contribution in [-0.2, 0) is 16.1 Å². The molecule has 0 amide bonds. The number of aromatic hydroxyl groups is 1. The van der Waals surface area contributed by atoms with Crippen molar-refractivity contribution in [3.05, 3.63) is 28.8 Å². The van der Waals surface area contributed by atoms with Crippen molar-refractivity contribution < 1.29 is 14.6 Å². The van der Waals surface area contributed by atoms with E-state index in [0.29, 0.717) is 12.2 Å². The normalized spacial score (nSPS) is 11.0. The van der Waals surface area contributed by atoms with Gasteiger partial charge in [0.05, 0.1) is 7.11 Å². The first-order valence-electron chi connectivity index (χ1n) is 8.37. The van der Waals surface area contributed by atoms with Crippen LogP contribution in [0.3, 0.4) is 0 Å². The number of methoxy groups -OCH3 is 1. The van der Waals surface area contributed by atoms with Crippen molar-refractivity contribution in [2.75, 3.05) is 20.7 Å². The van der Waals surface area contributed by atoms with E-state index in [1.54, 1.807) is 0 Å². The highest BCUT2D eigenvalue weighted by Crippen LogP contribution is 2.35. The van der Waals surface area contributed by atoms with Crippen molar-refractivity contribution in [1.82, 2.24) is 4.90 Å². The molecule has 0 fully saturated rings. The second-order valence-corrected chi connectivity index (χ2v) is 6.85. The third-order valence-electron chi connectivity index (χ3n) is 4.07. The lowest BCUT2D eigenvalue weighted by Gasteiger charge is -2.21. The molecule has 5 heteroatoms. The third-order valence-corrected chi connectivity index (χ3v) is 4.07. The van der Waals surface area contributed by atoms with Crippen molar-refractivity contribution in [3.63, 3.8) is 0 Å². The van der Waals surface area contributed by atoms with E-state index < -0.39 is 0 Å². The van der Waals surface area contributed by atoms with Gasteiger partial charge in [0.1, 0.15) is 5.75 Å². The SMILES string of the molecule is COC(=O)CCCN(C)Cc1cc(C(C)C)c(O)c(C(C)C)c1.Cl. The van der Waals surface area contributed by atoms with Gasteiger partial charge in [-0.2, -0.15) is 0 Å². The molecule has 24 heavy (non-hydrogen) atoms. The van der Waals surface area contributed by atoms with Gasteiger partial charge in [0, 0.05) is 13.0 Å². The quantitative estimate of drug-likeness (QED) is 0.698. The van der Waals surface area contributed by atoms with Gasteiger partial charge in [-0.25, -0.2) is 0 Å². The molecule has 138 valence electrons. The van der Waals surface area contributed by atoms with E-state index >= 15 is 0 Å². The average molecular weight is 358 g/mol. The highest BCUT2D eigenvalue weighted by atomic mass is 35.5. The fourth-order valence-corrected chi connectivity index (χ4v) is 2.70. The minimum Gasteiger partial charge on any atom is -0.507 e. The summed E-state index contributed by atoms with van der Waals surface area (Å²) in [5.74, 6) is 0.855. The lowest BCUT2D eigenvalue weighted by Crippen LogP contribution is -2.20. The van der Waals surface area contributed by atoms with Crippen LogP contribution in [0.5, 0.6) is 5.75 Å². The summed E-state index contributed by atoms with van der Waals surface area (Å²) < 4.78 is 4.66. The van der Waals surface area contributed by atoms with Crippen LogP contribution >= 0.6 is 12.4 Å². The predicted octanol–water partition coefficient (Wildman–Crippen LogP) is 4.45. The lowest BCUT2D eigenvalue weighted by molar-refractivity contribution is -0.140. The Balaban J connectivity index is 0.00000529. The summed E-state index contributed by atoms with van der Waals surface area (Å²) in [6.07, 6.45) is 1.24. The van der Waals surface area contributed by atoms with Gasteiger partial charge in [-0.3, -0.25) is 4.79 Å². The molecule has 0 radical (unpaired) electrons. The Morgan fingerprint density at radius 1 is 1.17 bits per heavy atom. The van der Waals surface area contributed by atoms with Crippen molar-refractivity contribution in [2.24, 2.45) is 0 Å². The van der Waals surface area contributed by atoms with Crippen LogP contribution in [-0.4, -0.2) is 36.7 Å². The maximum Gasteiger partial charge on any atom is 0.305 e. The zero-order valence-corrected chi connectivity index (χ0v) is 16.6. The Morgan fingerprint density at radius 3 is 2.08 bits per heavy atom. The second-order valence-electron chi connectivity index (χ2n) is 6.85. The minimum atomic E-state index is -0.160. The van der Waals surface area contributed by atoms with E-state index in [2.05, 4.69) is 49.5 Å². The van der Waals surface area contributed by atoms with Crippen molar-refractivity contribution >= 4 is 18.4 Å². The van der Waals surface area contributed by atoms with E-state index in [1.165, 1.54) is 12.7 Å². The van der Waals surface area contributed by atoms with E-state index in [9.17, 15) is 9.90 Å². The molecular weight excluding hydrogens is 326 g/mol. The molecule has 0 spiro atoms.